The number of thiophene rings is 1. The molecule has 18 heavy (non-hydrogen) atoms. The molecule has 0 aliphatic carbocycles. The molecule has 2 rings (SSSR count). The van der Waals surface area contributed by atoms with E-state index in [1.165, 1.54) is 4.88 Å². The first-order valence-electron chi connectivity index (χ1n) is 6.06. The maximum Gasteiger partial charge on any atom is 0.249 e. The third-order valence-corrected chi connectivity index (χ3v) is 4.25. The molecule has 0 spiro atoms. The Kier molecular flexibility index (Phi) is 5.00. The summed E-state index contributed by atoms with van der Waals surface area (Å²) >= 11 is 7.38. The van der Waals surface area contributed by atoms with Crippen LogP contribution in [0.25, 0.3) is 0 Å². The van der Waals surface area contributed by atoms with Crippen molar-refractivity contribution in [2.24, 2.45) is 5.73 Å². The Balaban J connectivity index is 1.69. The lowest BCUT2D eigenvalue weighted by atomic mass is 10.2. The maximum atomic E-state index is 11.8. The molecule has 1 aromatic rings. The van der Waals surface area contributed by atoms with Crippen molar-refractivity contribution in [3.63, 3.8) is 0 Å². The Bertz CT molecular complexity index is 411. The minimum absolute atomic E-state index is 0.0337. The molecule has 1 aliphatic heterocycles. The van der Waals surface area contributed by atoms with E-state index < -0.39 is 0 Å². The first-order valence-corrected chi connectivity index (χ1v) is 7.26. The average Bonchev–Trinajstić information content (AvgIpc) is 2.98. The highest BCUT2D eigenvalue weighted by atomic mass is 35.5. The van der Waals surface area contributed by atoms with Gasteiger partial charge in [0, 0.05) is 18.0 Å². The summed E-state index contributed by atoms with van der Waals surface area (Å²) < 4.78 is 6.30. The van der Waals surface area contributed by atoms with Gasteiger partial charge in [-0.2, -0.15) is 0 Å². The highest BCUT2D eigenvalue weighted by molar-refractivity contribution is 7.16. The first kappa shape index (κ1) is 13.8. The van der Waals surface area contributed by atoms with E-state index in [9.17, 15) is 4.79 Å². The third-order valence-electron chi connectivity index (χ3n) is 2.96. The highest BCUT2D eigenvalue weighted by Crippen LogP contribution is 2.21. The third kappa shape index (κ3) is 3.68. The Morgan fingerprint density at radius 1 is 1.56 bits per heavy atom. The fourth-order valence-electron chi connectivity index (χ4n) is 1.98. The molecule has 4 nitrogen and oxygen atoms in total. The highest BCUT2D eigenvalue weighted by Gasteiger charge is 2.29. The zero-order valence-electron chi connectivity index (χ0n) is 10.0. The van der Waals surface area contributed by atoms with Gasteiger partial charge in [0.05, 0.1) is 10.4 Å². The summed E-state index contributed by atoms with van der Waals surface area (Å²) in [7, 11) is 0. The van der Waals surface area contributed by atoms with Crippen LogP contribution in [0.3, 0.4) is 0 Å². The van der Waals surface area contributed by atoms with Crippen LogP contribution < -0.4 is 11.1 Å². The number of carbonyl (C=O) groups is 1. The predicted molar refractivity (Wildman–Crippen MR) is 73.0 cm³/mol. The number of nitrogens with two attached hydrogens (primary N) is 1. The number of rotatable bonds is 5. The normalized spacial score (nSPS) is 23.2. The Labute approximate surface area is 115 Å². The number of ether oxygens (including phenoxy) is 1. The van der Waals surface area contributed by atoms with Crippen molar-refractivity contribution in [1.29, 1.82) is 0 Å². The Hall–Kier alpha value is -0.620. The summed E-state index contributed by atoms with van der Waals surface area (Å²) in [4.78, 5) is 13.0. The second-order valence-electron chi connectivity index (χ2n) is 4.31. The fraction of sp³-hybridized carbons (Fsp3) is 0.583. The molecule has 0 saturated carbocycles. The lowest BCUT2D eigenvalue weighted by Gasteiger charge is -2.12. The molecule has 2 unspecified atom stereocenters. The molecule has 6 heteroatoms. The van der Waals surface area contributed by atoms with Gasteiger partial charge in [0.2, 0.25) is 5.91 Å². The minimum atomic E-state index is -0.328. The predicted octanol–water partition coefficient (Wildman–Crippen LogP) is 1.57. The molecule has 100 valence electrons. The van der Waals surface area contributed by atoms with Crippen LogP contribution in [-0.2, 0) is 16.0 Å². The van der Waals surface area contributed by atoms with Gasteiger partial charge in [-0.3, -0.25) is 4.79 Å². The van der Waals surface area contributed by atoms with E-state index in [4.69, 9.17) is 22.1 Å². The van der Waals surface area contributed by atoms with Gasteiger partial charge >= 0.3 is 0 Å². The zero-order chi connectivity index (χ0) is 13.0. The van der Waals surface area contributed by atoms with Crippen LogP contribution in [0.15, 0.2) is 12.1 Å². The summed E-state index contributed by atoms with van der Waals surface area (Å²) in [6.07, 6.45) is 2.14. The number of amides is 1. The van der Waals surface area contributed by atoms with E-state index in [1.54, 1.807) is 11.3 Å². The number of hydrogen-bond acceptors (Lipinski definition) is 4. The van der Waals surface area contributed by atoms with Gasteiger partial charge in [-0.15, -0.1) is 11.3 Å². The molecule has 2 heterocycles. The lowest BCUT2D eigenvalue weighted by molar-refractivity contribution is -0.131. The van der Waals surface area contributed by atoms with E-state index in [0.29, 0.717) is 13.1 Å². The Morgan fingerprint density at radius 2 is 2.39 bits per heavy atom. The number of halogens is 1. The number of nitrogens with one attached hydrogen (secondary N) is 1. The number of carbonyl (C=O) groups excluding carboxylic acids is 1. The van der Waals surface area contributed by atoms with E-state index in [1.807, 2.05) is 12.1 Å². The van der Waals surface area contributed by atoms with Gasteiger partial charge in [0.1, 0.15) is 6.10 Å². The second kappa shape index (κ2) is 6.52. The van der Waals surface area contributed by atoms with E-state index in [0.717, 1.165) is 23.6 Å². The van der Waals surface area contributed by atoms with Crippen molar-refractivity contribution in [1.82, 2.24) is 5.32 Å². The molecule has 1 saturated heterocycles. The van der Waals surface area contributed by atoms with Crippen LogP contribution in [0.1, 0.15) is 17.7 Å². The van der Waals surface area contributed by atoms with Crippen LogP contribution >= 0.6 is 22.9 Å². The zero-order valence-corrected chi connectivity index (χ0v) is 11.6. The van der Waals surface area contributed by atoms with Gasteiger partial charge in [-0.25, -0.2) is 0 Å². The molecule has 1 amide bonds. The molecule has 0 aromatic carbocycles. The summed E-state index contributed by atoms with van der Waals surface area (Å²) in [5.74, 6) is -0.0337. The first-order chi connectivity index (χ1) is 8.69. The van der Waals surface area contributed by atoms with Crippen molar-refractivity contribution in [2.75, 3.05) is 13.1 Å². The molecule has 1 fully saturated rings. The Morgan fingerprint density at radius 3 is 3.00 bits per heavy atom. The monoisotopic (exact) mass is 288 g/mol. The van der Waals surface area contributed by atoms with Crippen LogP contribution in [0, 0.1) is 0 Å². The standard InChI is InChI=1S/C12H17ClN2O2S/c13-11-4-2-9(18-11)5-6-15-12(16)10-3-1-8(7-14)17-10/h2,4,8,10H,1,3,5-7,14H2,(H,15,16). The summed E-state index contributed by atoms with van der Waals surface area (Å²) in [5, 5.41) is 2.89. The molecule has 1 aliphatic rings. The van der Waals surface area contributed by atoms with Crippen molar-refractivity contribution < 1.29 is 9.53 Å². The minimum Gasteiger partial charge on any atom is -0.364 e. The van der Waals surface area contributed by atoms with Crippen LogP contribution in [-0.4, -0.2) is 31.2 Å². The number of hydrogen-bond donors (Lipinski definition) is 2. The van der Waals surface area contributed by atoms with Crippen molar-refractivity contribution in [3.8, 4) is 0 Å². The van der Waals surface area contributed by atoms with E-state index in [-0.39, 0.29) is 18.1 Å². The van der Waals surface area contributed by atoms with Crippen LogP contribution in [0.2, 0.25) is 4.34 Å². The second-order valence-corrected chi connectivity index (χ2v) is 6.11. The van der Waals surface area contributed by atoms with Gasteiger partial charge in [-0.05, 0) is 31.4 Å². The summed E-state index contributed by atoms with van der Waals surface area (Å²) in [6, 6.07) is 3.85. The smallest absolute Gasteiger partial charge is 0.249 e. The molecule has 0 bridgehead atoms. The SMILES string of the molecule is NCC1CCC(C(=O)NCCc2ccc(Cl)s2)O1. The molecular weight excluding hydrogens is 272 g/mol. The lowest BCUT2D eigenvalue weighted by Crippen LogP contribution is -2.36. The largest absolute Gasteiger partial charge is 0.364 e. The molecular formula is C12H17ClN2O2S. The topological polar surface area (TPSA) is 64.4 Å². The molecule has 1 aromatic heterocycles. The van der Waals surface area contributed by atoms with E-state index in [2.05, 4.69) is 5.32 Å². The molecule has 0 radical (unpaired) electrons. The van der Waals surface area contributed by atoms with Gasteiger partial charge in [0.25, 0.3) is 0 Å². The van der Waals surface area contributed by atoms with Crippen molar-refractivity contribution in [3.05, 3.63) is 21.3 Å². The van der Waals surface area contributed by atoms with Crippen LogP contribution in [0.5, 0.6) is 0 Å². The summed E-state index contributed by atoms with van der Waals surface area (Å²) in [6.45, 7) is 1.10. The van der Waals surface area contributed by atoms with Gasteiger partial charge in [-0.1, -0.05) is 11.6 Å². The fourth-order valence-corrected chi connectivity index (χ4v) is 3.07. The average molecular weight is 289 g/mol. The maximum absolute atomic E-state index is 11.8. The van der Waals surface area contributed by atoms with Crippen LogP contribution in [0.4, 0.5) is 0 Å². The molecule has 2 atom stereocenters. The van der Waals surface area contributed by atoms with Crippen molar-refractivity contribution in [2.45, 2.75) is 31.5 Å². The molecule has 3 N–H and O–H groups in total. The van der Waals surface area contributed by atoms with Gasteiger partial charge < -0.3 is 15.8 Å². The summed E-state index contributed by atoms with van der Waals surface area (Å²) in [5.41, 5.74) is 5.51. The van der Waals surface area contributed by atoms with Gasteiger partial charge in [0.15, 0.2) is 0 Å². The van der Waals surface area contributed by atoms with Crippen molar-refractivity contribution >= 4 is 28.8 Å². The quantitative estimate of drug-likeness (QED) is 0.864. The van der Waals surface area contributed by atoms with E-state index >= 15 is 0 Å².